The highest BCUT2D eigenvalue weighted by Crippen LogP contribution is 2.21. The smallest absolute Gasteiger partial charge is 0.254 e. The van der Waals surface area contributed by atoms with E-state index in [4.69, 9.17) is 10.2 Å². The van der Waals surface area contributed by atoms with Crippen molar-refractivity contribution in [1.82, 2.24) is 4.90 Å². The number of hydrogen-bond donors (Lipinski definition) is 3. The fraction of sp³-hybridized carbons (Fsp3) is 0.417. The standard InChI is InChI=1S/C12H16F2N2O3/c1-15-11-9(13)6-8(7-10(11)14)12(19)16(2-4-17)3-5-18/h6-7,15,17-18H,2-5H2,1H3. The second-order valence-electron chi connectivity index (χ2n) is 3.80. The molecule has 106 valence electrons. The summed E-state index contributed by atoms with van der Waals surface area (Å²) in [5.41, 5.74) is -0.483. The molecule has 0 atom stereocenters. The fourth-order valence-electron chi connectivity index (χ4n) is 1.67. The summed E-state index contributed by atoms with van der Waals surface area (Å²) in [6.45, 7) is -0.635. The van der Waals surface area contributed by atoms with Crippen molar-refractivity contribution in [2.75, 3.05) is 38.7 Å². The van der Waals surface area contributed by atoms with E-state index in [2.05, 4.69) is 5.32 Å². The maximum Gasteiger partial charge on any atom is 0.254 e. The predicted octanol–water partition coefficient (Wildman–Crippen LogP) is 0.433. The molecule has 5 nitrogen and oxygen atoms in total. The Morgan fingerprint density at radius 3 is 2.05 bits per heavy atom. The van der Waals surface area contributed by atoms with E-state index in [1.54, 1.807) is 0 Å². The molecule has 0 unspecified atom stereocenters. The minimum absolute atomic E-state index is 0.0174. The normalized spacial score (nSPS) is 10.4. The van der Waals surface area contributed by atoms with Gasteiger partial charge in [-0.1, -0.05) is 0 Å². The van der Waals surface area contributed by atoms with Gasteiger partial charge in [0.2, 0.25) is 0 Å². The molecule has 0 heterocycles. The zero-order valence-electron chi connectivity index (χ0n) is 10.5. The molecular formula is C12H16F2N2O3. The molecule has 0 radical (unpaired) electrons. The zero-order valence-corrected chi connectivity index (χ0v) is 10.5. The first-order valence-corrected chi connectivity index (χ1v) is 5.73. The number of amides is 1. The first-order chi connectivity index (χ1) is 9.04. The number of hydrogen-bond acceptors (Lipinski definition) is 4. The van der Waals surface area contributed by atoms with Gasteiger partial charge in [0.05, 0.1) is 13.2 Å². The lowest BCUT2D eigenvalue weighted by Gasteiger charge is -2.21. The van der Waals surface area contributed by atoms with Gasteiger partial charge in [-0.3, -0.25) is 4.79 Å². The van der Waals surface area contributed by atoms with Crippen molar-refractivity contribution in [2.24, 2.45) is 0 Å². The summed E-state index contributed by atoms with van der Waals surface area (Å²) in [5, 5.41) is 20.0. The van der Waals surface area contributed by atoms with Gasteiger partial charge in [-0.15, -0.1) is 0 Å². The molecule has 1 amide bonds. The van der Waals surface area contributed by atoms with Gasteiger partial charge in [0.1, 0.15) is 17.3 Å². The molecule has 0 aromatic heterocycles. The first-order valence-electron chi connectivity index (χ1n) is 5.73. The number of anilines is 1. The number of nitrogens with zero attached hydrogens (tertiary/aromatic N) is 1. The maximum absolute atomic E-state index is 13.5. The summed E-state index contributed by atoms with van der Waals surface area (Å²) in [4.78, 5) is 13.1. The minimum Gasteiger partial charge on any atom is -0.395 e. The van der Waals surface area contributed by atoms with Crippen LogP contribution in [0.2, 0.25) is 0 Å². The van der Waals surface area contributed by atoms with E-state index in [0.717, 1.165) is 17.0 Å². The highest BCUT2D eigenvalue weighted by atomic mass is 19.1. The van der Waals surface area contributed by atoms with Crippen LogP contribution in [0.15, 0.2) is 12.1 Å². The molecule has 1 rings (SSSR count). The molecule has 0 fully saturated rings. The first kappa shape index (κ1) is 15.3. The predicted molar refractivity (Wildman–Crippen MR) is 66.0 cm³/mol. The molecule has 0 bridgehead atoms. The van der Waals surface area contributed by atoms with Gasteiger partial charge in [0.25, 0.3) is 5.91 Å². The van der Waals surface area contributed by atoms with E-state index in [1.165, 1.54) is 7.05 Å². The van der Waals surface area contributed by atoms with Crippen LogP contribution in [0, 0.1) is 11.6 Å². The van der Waals surface area contributed by atoms with E-state index in [0.29, 0.717) is 0 Å². The fourth-order valence-corrected chi connectivity index (χ4v) is 1.67. The third-order valence-electron chi connectivity index (χ3n) is 2.57. The number of halogens is 2. The van der Waals surface area contributed by atoms with Crippen LogP contribution >= 0.6 is 0 Å². The van der Waals surface area contributed by atoms with E-state index < -0.39 is 17.5 Å². The van der Waals surface area contributed by atoms with E-state index in [9.17, 15) is 13.6 Å². The minimum atomic E-state index is -0.876. The molecule has 1 aromatic rings. The van der Waals surface area contributed by atoms with Gasteiger partial charge in [0.15, 0.2) is 0 Å². The molecule has 19 heavy (non-hydrogen) atoms. The Morgan fingerprint density at radius 2 is 1.68 bits per heavy atom. The molecule has 0 spiro atoms. The summed E-state index contributed by atoms with van der Waals surface area (Å²) in [5.74, 6) is -2.40. The SMILES string of the molecule is CNc1c(F)cc(C(=O)N(CCO)CCO)cc1F. The lowest BCUT2D eigenvalue weighted by Crippen LogP contribution is -2.36. The van der Waals surface area contributed by atoms with Gasteiger partial charge in [-0.05, 0) is 12.1 Å². The van der Waals surface area contributed by atoms with Crippen LogP contribution in [0.25, 0.3) is 0 Å². The topological polar surface area (TPSA) is 72.8 Å². The highest BCUT2D eigenvalue weighted by Gasteiger charge is 2.19. The van der Waals surface area contributed by atoms with Gasteiger partial charge >= 0.3 is 0 Å². The highest BCUT2D eigenvalue weighted by molar-refractivity contribution is 5.94. The summed E-state index contributed by atoms with van der Waals surface area (Å²) < 4.78 is 27.1. The molecule has 0 aliphatic rings. The van der Waals surface area contributed by atoms with Crippen molar-refractivity contribution in [2.45, 2.75) is 0 Å². The molecular weight excluding hydrogens is 258 g/mol. The average Bonchev–Trinajstić information content (AvgIpc) is 2.37. The Bertz CT molecular complexity index is 426. The van der Waals surface area contributed by atoms with Crippen molar-refractivity contribution >= 4 is 11.6 Å². The number of nitrogens with one attached hydrogen (secondary N) is 1. The van der Waals surface area contributed by atoms with Gasteiger partial charge < -0.3 is 20.4 Å². The number of benzene rings is 1. The van der Waals surface area contributed by atoms with Gasteiger partial charge in [-0.2, -0.15) is 0 Å². The Hall–Kier alpha value is -1.73. The summed E-state index contributed by atoms with van der Waals surface area (Å²) in [7, 11) is 1.37. The van der Waals surface area contributed by atoms with Crippen molar-refractivity contribution in [3.05, 3.63) is 29.3 Å². The molecule has 0 aliphatic carbocycles. The third-order valence-corrected chi connectivity index (χ3v) is 2.57. The quantitative estimate of drug-likeness (QED) is 0.703. The van der Waals surface area contributed by atoms with Crippen molar-refractivity contribution in [3.63, 3.8) is 0 Å². The molecule has 0 saturated heterocycles. The Labute approximate surface area is 109 Å². The van der Waals surface area contributed by atoms with Crippen LogP contribution in [-0.2, 0) is 0 Å². The van der Waals surface area contributed by atoms with Crippen LogP contribution in [0.5, 0.6) is 0 Å². The average molecular weight is 274 g/mol. The van der Waals surface area contributed by atoms with Crippen molar-refractivity contribution in [3.8, 4) is 0 Å². The number of aliphatic hydroxyl groups is 2. The van der Waals surface area contributed by atoms with Crippen LogP contribution in [0.3, 0.4) is 0 Å². The number of aliphatic hydroxyl groups excluding tert-OH is 2. The molecule has 3 N–H and O–H groups in total. The number of carbonyl (C=O) groups is 1. The molecule has 0 saturated carbocycles. The van der Waals surface area contributed by atoms with E-state index in [1.807, 2.05) is 0 Å². The second kappa shape index (κ2) is 7.01. The summed E-state index contributed by atoms with van der Waals surface area (Å²) in [6, 6.07) is 1.83. The van der Waals surface area contributed by atoms with Crippen LogP contribution in [0.4, 0.5) is 14.5 Å². The molecule has 7 heteroatoms. The van der Waals surface area contributed by atoms with Crippen LogP contribution in [0.1, 0.15) is 10.4 Å². The van der Waals surface area contributed by atoms with E-state index in [-0.39, 0.29) is 37.6 Å². The lowest BCUT2D eigenvalue weighted by molar-refractivity contribution is 0.0684. The Balaban J connectivity index is 3.04. The number of rotatable bonds is 6. The number of carbonyl (C=O) groups excluding carboxylic acids is 1. The van der Waals surface area contributed by atoms with Crippen molar-refractivity contribution < 1.29 is 23.8 Å². The third kappa shape index (κ3) is 3.62. The van der Waals surface area contributed by atoms with Crippen molar-refractivity contribution in [1.29, 1.82) is 0 Å². The van der Waals surface area contributed by atoms with Gasteiger partial charge in [-0.25, -0.2) is 8.78 Å². The summed E-state index contributed by atoms with van der Waals surface area (Å²) in [6.07, 6.45) is 0. The maximum atomic E-state index is 13.5. The second-order valence-corrected chi connectivity index (χ2v) is 3.80. The van der Waals surface area contributed by atoms with Crippen LogP contribution in [-0.4, -0.2) is 54.4 Å². The molecule has 0 aliphatic heterocycles. The Kier molecular flexibility index (Phi) is 5.65. The Morgan fingerprint density at radius 1 is 1.21 bits per heavy atom. The monoisotopic (exact) mass is 274 g/mol. The van der Waals surface area contributed by atoms with E-state index >= 15 is 0 Å². The van der Waals surface area contributed by atoms with Gasteiger partial charge in [0, 0.05) is 25.7 Å². The zero-order chi connectivity index (χ0) is 14.4. The van der Waals surface area contributed by atoms with Crippen LogP contribution < -0.4 is 5.32 Å². The largest absolute Gasteiger partial charge is 0.395 e. The summed E-state index contributed by atoms with van der Waals surface area (Å²) >= 11 is 0. The molecule has 1 aromatic carbocycles. The lowest BCUT2D eigenvalue weighted by atomic mass is 10.1.